The normalized spacial score (nSPS) is 18.7. The van der Waals surface area contributed by atoms with Crippen molar-refractivity contribution in [2.24, 2.45) is 11.8 Å². The first-order valence-electron chi connectivity index (χ1n) is 7.34. The maximum absolute atomic E-state index is 12.9. The Hall–Kier alpha value is -0.990. The largest absolute Gasteiger partial charge is 0.376 e. The minimum absolute atomic E-state index is 0.121. The van der Waals surface area contributed by atoms with Gasteiger partial charge in [-0.05, 0) is 32.6 Å². The average molecular weight is 266 g/mol. The van der Waals surface area contributed by atoms with Gasteiger partial charge in [0.1, 0.15) is 0 Å². The Morgan fingerprint density at radius 2 is 1.53 bits per heavy atom. The van der Waals surface area contributed by atoms with Crippen LogP contribution in [0.3, 0.4) is 0 Å². The summed E-state index contributed by atoms with van der Waals surface area (Å²) in [5.41, 5.74) is 2.08. The Kier molecular flexibility index (Phi) is 4.70. The summed E-state index contributed by atoms with van der Waals surface area (Å²) in [5, 5.41) is 0. The SMILES string of the molecule is CC(C)C1=C(C(C)C)N(C)CCN(C(C)(C)C)C1=O. The molecule has 0 saturated carbocycles. The smallest absolute Gasteiger partial charge is 0.252 e. The summed E-state index contributed by atoms with van der Waals surface area (Å²) < 4.78 is 0. The molecule has 0 radical (unpaired) electrons. The first-order valence-corrected chi connectivity index (χ1v) is 7.34. The van der Waals surface area contributed by atoms with Gasteiger partial charge in [0.05, 0.1) is 0 Å². The summed E-state index contributed by atoms with van der Waals surface area (Å²) in [6, 6.07) is 0. The maximum Gasteiger partial charge on any atom is 0.252 e. The van der Waals surface area contributed by atoms with E-state index in [9.17, 15) is 4.79 Å². The molecule has 0 bridgehead atoms. The van der Waals surface area contributed by atoms with E-state index in [1.54, 1.807) is 0 Å². The Morgan fingerprint density at radius 1 is 1.00 bits per heavy atom. The molecule has 0 aliphatic carbocycles. The van der Waals surface area contributed by atoms with Gasteiger partial charge in [0, 0.05) is 36.9 Å². The van der Waals surface area contributed by atoms with Crippen LogP contribution in [-0.4, -0.2) is 41.4 Å². The lowest BCUT2D eigenvalue weighted by Gasteiger charge is -2.35. The van der Waals surface area contributed by atoms with Crippen molar-refractivity contribution >= 4 is 5.91 Å². The average Bonchev–Trinajstić information content (AvgIpc) is 2.34. The van der Waals surface area contributed by atoms with E-state index in [0.717, 1.165) is 18.7 Å². The minimum atomic E-state index is -0.121. The summed E-state index contributed by atoms with van der Waals surface area (Å²) in [7, 11) is 2.11. The fraction of sp³-hybridized carbons (Fsp3) is 0.812. The third kappa shape index (κ3) is 3.31. The summed E-state index contributed by atoms with van der Waals surface area (Å²) in [6.07, 6.45) is 0. The van der Waals surface area contributed by atoms with E-state index in [1.807, 2.05) is 4.90 Å². The Labute approximate surface area is 118 Å². The summed E-state index contributed by atoms with van der Waals surface area (Å²) in [5.74, 6) is 0.858. The highest BCUT2D eigenvalue weighted by Crippen LogP contribution is 2.30. The molecule has 110 valence electrons. The number of likely N-dealkylation sites (N-methyl/N-ethyl adjacent to an activating group) is 1. The molecule has 0 saturated heterocycles. The molecule has 1 amide bonds. The number of carbonyl (C=O) groups is 1. The number of hydrogen-bond donors (Lipinski definition) is 0. The van der Waals surface area contributed by atoms with Gasteiger partial charge in [0.15, 0.2) is 0 Å². The number of nitrogens with zero attached hydrogens (tertiary/aromatic N) is 2. The van der Waals surface area contributed by atoms with Crippen molar-refractivity contribution in [1.29, 1.82) is 0 Å². The van der Waals surface area contributed by atoms with Gasteiger partial charge in [0.25, 0.3) is 5.91 Å². The highest BCUT2D eigenvalue weighted by atomic mass is 16.2. The van der Waals surface area contributed by atoms with Crippen LogP contribution in [0.4, 0.5) is 0 Å². The van der Waals surface area contributed by atoms with Crippen LogP contribution in [-0.2, 0) is 4.79 Å². The number of carbonyl (C=O) groups excluding carboxylic acids is 1. The van der Waals surface area contributed by atoms with Crippen molar-refractivity contribution in [2.75, 3.05) is 20.1 Å². The van der Waals surface area contributed by atoms with Gasteiger partial charge < -0.3 is 9.80 Å². The van der Waals surface area contributed by atoms with Crippen LogP contribution < -0.4 is 0 Å². The van der Waals surface area contributed by atoms with E-state index in [4.69, 9.17) is 0 Å². The molecule has 0 aromatic heterocycles. The van der Waals surface area contributed by atoms with Crippen LogP contribution in [0.15, 0.2) is 11.3 Å². The minimum Gasteiger partial charge on any atom is -0.376 e. The van der Waals surface area contributed by atoms with E-state index < -0.39 is 0 Å². The van der Waals surface area contributed by atoms with Crippen molar-refractivity contribution in [3.8, 4) is 0 Å². The summed E-state index contributed by atoms with van der Waals surface area (Å²) in [6.45, 7) is 16.6. The Bertz CT molecular complexity index is 375. The van der Waals surface area contributed by atoms with E-state index >= 15 is 0 Å². The van der Waals surface area contributed by atoms with Crippen LogP contribution in [0.5, 0.6) is 0 Å². The fourth-order valence-corrected chi connectivity index (χ4v) is 2.87. The van der Waals surface area contributed by atoms with Crippen LogP contribution in [0.2, 0.25) is 0 Å². The molecule has 1 aliphatic heterocycles. The van der Waals surface area contributed by atoms with Crippen molar-refractivity contribution in [3.05, 3.63) is 11.3 Å². The fourth-order valence-electron chi connectivity index (χ4n) is 2.87. The Balaban J connectivity index is 3.36. The van der Waals surface area contributed by atoms with Crippen LogP contribution >= 0.6 is 0 Å². The molecular weight excluding hydrogens is 236 g/mol. The van der Waals surface area contributed by atoms with Crippen molar-refractivity contribution in [2.45, 2.75) is 54.0 Å². The lowest BCUT2D eigenvalue weighted by molar-refractivity contribution is -0.131. The molecule has 0 spiro atoms. The van der Waals surface area contributed by atoms with E-state index in [-0.39, 0.29) is 17.4 Å². The Morgan fingerprint density at radius 3 is 1.89 bits per heavy atom. The van der Waals surface area contributed by atoms with Gasteiger partial charge in [0.2, 0.25) is 0 Å². The van der Waals surface area contributed by atoms with Crippen molar-refractivity contribution < 1.29 is 4.79 Å². The summed E-state index contributed by atoms with van der Waals surface area (Å²) in [4.78, 5) is 17.2. The predicted octanol–water partition coefficient (Wildman–Crippen LogP) is 3.13. The van der Waals surface area contributed by atoms with Crippen LogP contribution in [0.25, 0.3) is 0 Å². The van der Waals surface area contributed by atoms with E-state index in [0.29, 0.717) is 5.92 Å². The highest BCUT2D eigenvalue weighted by Gasteiger charge is 2.35. The number of allylic oxidation sites excluding steroid dienone is 1. The quantitative estimate of drug-likeness (QED) is 0.766. The van der Waals surface area contributed by atoms with Gasteiger partial charge in [-0.2, -0.15) is 0 Å². The third-order valence-electron chi connectivity index (χ3n) is 3.76. The standard InChI is InChI=1S/C16H30N2O/c1-11(2)13-14(12(3)4)17(8)9-10-18(15(13)19)16(5,6)7/h11-12H,9-10H2,1-8H3. The zero-order valence-electron chi connectivity index (χ0n) is 13.9. The molecule has 19 heavy (non-hydrogen) atoms. The highest BCUT2D eigenvalue weighted by molar-refractivity contribution is 5.95. The van der Waals surface area contributed by atoms with Gasteiger partial charge in [-0.15, -0.1) is 0 Å². The zero-order valence-corrected chi connectivity index (χ0v) is 13.9. The number of rotatable bonds is 2. The molecule has 0 unspecified atom stereocenters. The molecule has 1 heterocycles. The van der Waals surface area contributed by atoms with Crippen LogP contribution in [0, 0.1) is 11.8 Å². The molecular formula is C16H30N2O. The molecule has 0 N–H and O–H groups in total. The predicted molar refractivity (Wildman–Crippen MR) is 80.8 cm³/mol. The molecule has 0 aromatic rings. The maximum atomic E-state index is 12.9. The van der Waals surface area contributed by atoms with Gasteiger partial charge in [-0.1, -0.05) is 27.7 Å². The second kappa shape index (κ2) is 5.56. The molecule has 0 fully saturated rings. The molecule has 0 aromatic carbocycles. The number of hydrogen-bond acceptors (Lipinski definition) is 2. The second-order valence-electron chi connectivity index (χ2n) is 7.16. The zero-order chi connectivity index (χ0) is 15.0. The number of amides is 1. The lowest BCUT2D eigenvalue weighted by atomic mass is 9.92. The van der Waals surface area contributed by atoms with Gasteiger partial charge in [-0.3, -0.25) is 4.79 Å². The monoisotopic (exact) mass is 266 g/mol. The van der Waals surface area contributed by atoms with Crippen LogP contribution in [0.1, 0.15) is 48.5 Å². The molecule has 0 atom stereocenters. The van der Waals surface area contributed by atoms with Crippen molar-refractivity contribution in [1.82, 2.24) is 9.80 Å². The molecule has 1 rings (SSSR count). The van der Waals surface area contributed by atoms with Gasteiger partial charge >= 0.3 is 0 Å². The first-order chi connectivity index (χ1) is 8.57. The molecule has 3 heteroatoms. The van der Waals surface area contributed by atoms with E-state index in [2.05, 4.69) is 60.4 Å². The van der Waals surface area contributed by atoms with E-state index in [1.165, 1.54) is 5.70 Å². The van der Waals surface area contributed by atoms with Crippen molar-refractivity contribution in [3.63, 3.8) is 0 Å². The lowest BCUT2D eigenvalue weighted by Crippen LogP contribution is -2.47. The topological polar surface area (TPSA) is 23.6 Å². The summed E-state index contributed by atoms with van der Waals surface area (Å²) >= 11 is 0. The van der Waals surface area contributed by atoms with Gasteiger partial charge in [-0.25, -0.2) is 0 Å². The third-order valence-corrected chi connectivity index (χ3v) is 3.76. The molecule has 3 nitrogen and oxygen atoms in total. The molecule has 1 aliphatic rings. The second-order valence-corrected chi connectivity index (χ2v) is 7.16. The first kappa shape index (κ1) is 16.1.